The zero-order chi connectivity index (χ0) is 22.2. The molecule has 1 amide bonds. The number of carbonyl (C=O) groups is 1. The first-order valence-corrected chi connectivity index (χ1v) is 10.9. The number of nitrogens with one attached hydrogen (secondary N) is 2. The number of amides is 1. The normalized spacial score (nSPS) is 26.2. The van der Waals surface area contributed by atoms with Crippen LogP contribution < -0.4 is 15.1 Å². The molecule has 0 spiro atoms. The molecule has 2 saturated heterocycles. The van der Waals surface area contributed by atoms with Gasteiger partial charge in [-0.3, -0.25) is 9.28 Å². The Bertz CT molecular complexity index is 969. The first-order valence-electron chi connectivity index (χ1n) is 10.9. The number of anilines is 1. The molecule has 3 unspecified atom stereocenters. The molecule has 2 fully saturated rings. The van der Waals surface area contributed by atoms with E-state index in [1.54, 1.807) is 0 Å². The van der Waals surface area contributed by atoms with E-state index >= 15 is 0 Å². The van der Waals surface area contributed by atoms with Crippen molar-refractivity contribution in [3.63, 3.8) is 0 Å². The Morgan fingerprint density at radius 2 is 1.97 bits per heavy atom. The molecule has 2 aromatic rings. The summed E-state index contributed by atoms with van der Waals surface area (Å²) in [6, 6.07) is 11.7. The number of nitrogens with zero attached hydrogens (tertiary/aromatic N) is 1. The summed E-state index contributed by atoms with van der Waals surface area (Å²) in [5.74, 6) is -0.541. The summed E-state index contributed by atoms with van der Waals surface area (Å²) in [5.41, 5.74) is 1.97. The van der Waals surface area contributed by atoms with E-state index in [0.717, 1.165) is 48.2 Å². The Hall–Kier alpha value is -2.38. The van der Waals surface area contributed by atoms with Crippen LogP contribution in [0, 0.1) is 6.92 Å². The third-order valence-corrected chi connectivity index (χ3v) is 7.01. The van der Waals surface area contributed by atoms with Gasteiger partial charge in [0.15, 0.2) is 0 Å². The van der Waals surface area contributed by atoms with Gasteiger partial charge in [-0.2, -0.15) is 13.2 Å². The molecule has 0 radical (unpaired) electrons. The number of hydrogen-bond donors (Lipinski definition) is 2. The van der Waals surface area contributed by atoms with Crippen LogP contribution in [0.25, 0.3) is 0 Å². The molecule has 0 saturated carbocycles. The number of carbonyl (C=O) groups excluding carboxylic acids is 1. The Balaban J connectivity index is 1.59. The molecule has 4 nitrogen and oxygen atoms in total. The fourth-order valence-corrected chi connectivity index (χ4v) is 5.35. The summed E-state index contributed by atoms with van der Waals surface area (Å²) in [4.78, 5) is 12.6. The summed E-state index contributed by atoms with van der Waals surface area (Å²) in [7, 11) is 0. The summed E-state index contributed by atoms with van der Waals surface area (Å²) in [6.45, 7) is 7.43. The lowest BCUT2D eigenvalue weighted by atomic mass is 10.0. The van der Waals surface area contributed by atoms with Crippen molar-refractivity contribution in [2.45, 2.75) is 51.4 Å². The Morgan fingerprint density at radius 3 is 2.58 bits per heavy atom. The number of quaternary nitrogens is 1. The van der Waals surface area contributed by atoms with Gasteiger partial charge in [0.05, 0.1) is 18.2 Å². The SMILES string of the molecule is Cc1cc([N+]2(C3CCNC3)CCCC2C)ccc1NC(=O)c1cccc(C(F)(F)F)c1. The van der Waals surface area contributed by atoms with Crippen LogP contribution in [0.2, 0.25) is 0 Å². The highest BCUT2D eigenvalue weighted by Gasteiger charge is 2.48. The molecule has 2 aromatic carbocycles. The van der Waals surface area contributed by atoms with Crippen molar-refractivity contribution in [1.82, 2.24) is 9.80 Å². The van der Waals surface area contributed by atoms with Gasteiger partial charge in [-0.25, -0.2) is 0 Å². The maximum Gasteiger partial charge on any atom is 0.416 e. The second-order valence-corrected chi connectivity index (χ2v) is 8.82. The fraction of sp³-hybridized carbons (Fsp3) is 0.458. The Morgan fingerprint density at radius 1 is 1.16 bits per heavy atom. The topological polar surface area (TPSA) is 41.1 Å². The van der Waals surface area contributed by atoms with Crippen LogP contribution in [0.1, 0.15) is 47.7 Å². The van der Waals surface area contributed by atoms with Crippen molar-refractivity contribution < 1.29 is 18.0 Å². The van der Waals surface area contributed by atoms with Crippen LogP contribution in [0.3, 0.4) is 0 Å². The number of halogens is 3. The summed E-state index contributed by atoms with van der Waals surface area (Å²) in [5, 5.41) is 6.29. The molecule has 2 heterocycles. The van der Waals surface area contributed by atoms with Crippen LogP contribution in [0.15, 0.2) is 42.5 Å². The van der Waals surface area contributed by atoms with Crippen molar-refractivity contribution in [3.8, 4) is 0 Å². The second-order valence-electron chi connectivity index (χ2n) is 8.82. The molecule has 2 N–H and O–H groups in total. The predicted molar refractivity (Wildman–Crippen MR) is 117 cm³/mol. The second kappa shape index (κ2) is 8.28. The van der Waals surface area contributed by atoms with Crippen molar-refractivity contribution in [2.75, 3.05) is 25.0 Å². The number of alkyl halides is 3. The first-order chi connectivity index (χ1) is 14.7. The molecule has 0 aliphatic carbocycles. The zero-order valence-electron chi connectivity index (χ0n) is 17.9. The number of likely N-dealkylation sites (tertiary alicyclic amines) is 1. The van der Waals surface area contributed by atoms with Gasteiger partial charge in [-0.1, -0.05) is 6.07 Å². The number of rotatable bonds is 4. The van der Waals surface area contributed by atoms with Crippen LogP contribution in [-0.2, 0) is 6.18 Å². The van der Waals surface area contributed by atoms with Crippen molar-refractivity contribution in [3.05, 3.63) is 59.2 Å². The molecular weight excluding hydrogens is 403 g/mol. The van der Waals surface area contributed by atoms with Crippen LogP contribution in [0.5, 0.6) is 0 Å². The minimum Gasteiger partial charge on any atom is -0.322 e. The smallest absolute Gasteiger partial charge is 0.322 e. The van der Waals surface area contributed by atoms with E-state index in [9.17, 15) is 18.0 Å². The molecule has 0 aromatic heterocycles. The third kappa shape index (κ3) is 4.08. The van der Waals surface area contributed by atoms with Gasteiger partial charge < -0.3 is 10.6 Å². The molecule has 2 aliphatic rings. The van der Waals surface area contributed by atoms with Gasteiger partial charge in [0.2, 0.25) is 0 Å². The van der Waals surface area contributed by atoms with Crippen molar-refractivity contribution in [2.24, 2.45) is 0 Å². The van der Waals surface area contributed by atoms with Gasteiger partial charge in [0, 0.05) is 55.7 Å². The molecule has 7 heteroatoms. The maximum absolute atomic E-state index is 13.0. The highest BCUT2D eigenvalue weighted by molar-refractivity contribution is 6.04. The Labute approximate surface area is 181 Å². The molecule has 3 atom stereocenters. The van der Waals surface area contributed by atoms with E-state index in [1.165, 1.54) is 30.7 Å². The number of aryl methyl sites for hydroxylation is 1. The predicted octanol–water partition coefficient (Wildman–Crippen LogP) is 5.12. The standard InChI is InChI=1S/C24H28F3N3O/c1-16-13-20(30(12-4-5-17(30)2)21-10-11-28-15-21)8-9-22(16)29-23(31)18-6-3-7-19(14-18)24(25,26)27/h3,6-9,13-14,17,21,28H,4-5,10-12,15H2,1-2H3/p+1. The molecule has 31 heavy (non-hydrogen) atoms. The van der Waals surface area contributed by atoms with Crippen molar-refractivity contribution >= 4 is 17.3 Å². The summed E-state index contributed by atoms with van der Waals surface area (Å²) < 4.78 is 39.9. The van der Waals surface area contributed by atoms with Gasteiger partial charge in [0.25, 0.3) is 5.91 Å². The maximum atomic E-state index is 13.0. The minimum absolute atomic E-state index is 0.00741. The number of hydrogen-bond acceptors (Lipinski definition) is 2. The van der Waals surface area contributed by atoms with E-state index < -0.39 is 17.6 Å². The molecular formula is C24H29F3N3O+. The summed E-state index contributed by atoms with van der Waals surface area (Å²) >= 11 is 0. The first kappa shape index (κ1) is 21.8. The largest absolute Gasteiger partial charge is 0.416 e. The lowest BCUT2D eigenvalue weighted by Crippen LogP contribution is -2.59. The van der Waals surface area contributed by atoms with Crippen LogP contribution in [0.4, 0.5) is 24.5 Å². The molecule has 4 rings (SSSR count). The van der Waals surface area contributed by atoms with Gasteiger partial charge in [-0.15, -0.1) is 0 Å². The quantitative estimate of drug-likeness (QED) is 0.659. The van der Waals surface area contributed by atoms with E-state index in [4.69, 9.17) is 0 Å². The fourth-order valence-electron chi connectivity index (χ4n) is 5.35. The monoisotopic (exact) mass is 432 g/mol. The van der Waals surface area contributed by atoms with Crippen LogP contribution >= 0.6 is 0 Å². The zero-order valence-corrected chi connectivity index (χ0v) is 17.9. The minimum atomic E-state index is -4.48. The molecule has 2 aliphatic heterocycles. The highest BCUT2D eigenvalue weighted by atomic mass is 19.4. The van der Waals surface area contributed by atoms with Crippen molar-refractivity contribution in [1.29, 1.82) is 0 Å². The summed E-state index contributed by atoms with van der Waals surface area (Å²) in [6.07, 6.45) is -0.932. The van der Waals surface area contributed by atoms with E-state index in [0.29, 0.717) is 17.8 Å². The van der Waals surface area contributed by atoms with Gasteiger partial charge in [0.1, 0.15) is 11.7 Å². The lowest BCUT2D eigenvalue weighted by molar-refractivity contribution is -0.137. The van der Waals surface area contributed by atoms with E-state index in [1.807, 2.05) is 13.0 Å². The third-order valence-electron chi connectivity index (χ3n) is 7.01. The van der Waals surface area contributed by atoms with Gasteiger partial charge >= 0.3 is 6.18 Å². The number of benzene rings is 2. The average Bonchev–Trinajstić information content (AvgIpc) is 3.39. The van der Waals surface area contributed by atoms with E-state index in [-0.39, 0.29) is 5.56 Å². The average molecular weight is 433 g/mol. The lowest BCUT2D eigenvalue weighted by Gasteiger charge is -2.43. The van der Waals surface area contributed by atoms with E-state index in [2.05, 4.69) is 29.7 Å². The molecule has 0 bridgehead atoms. The highest BCUT2D eigenvalue weighted by Crippen LogP contribution is 2.40. The molecule has 166 valence electrons. The Kier molecular flexibility index (Phi) is 5.83. The van der Waals surface area contributed by atoms with Crippen LogP contribution in [-0.4, -0.2) is 37.6 Å². The van der Waals surface area contributed by atoms with Gasteiger partial charge in [-0.05, 0) is 43.7 Å².